The van der Waals surface area contributed by atoms with E-state index in [4.69, 9.17) is 20.0 Å². The lowest BCUT2D eigenvalue weighted by molar-refractivity contribution is 0.695. The van der Waals surface area contributed by atoms with Crippen LogP contribution in [-0.4, -0.2) is 23.1 Å². The van der Waals surface area contributed by atoms with E-state index in [9.17, 15) is 0 Å². The summed E-state index contributed by atoms with van der Waals surface area (Å²) in [6, 6.07) is 49.5. The van der Waals surface area contributed by atoms with Crippen molar-refractivity contribution in [3.8, 4) is 0 Å². The molecule has 0 aromatic heterocycles. The van der Waals surface area contributed by atoms with Crippen LogP contribution >= 0.6 is 0 Å². The third kappa shape index (κ3) is 4.64. The lowest BCUT2D eigenvalue weighted by Crippen LogP contribution is -2.28. The third-order valence-electron chi connectivity index (χ3n) is 7.69. The molecule has 0 fully saturated rings. The van der Waals surface area contributed by atoms with Gasteiger partial charge in [-0.1, -0.05) is 140 Å². The van der Waals surface area contributed by atoms with Crippen LogP contribution in [0.1, 0.15) is 46.3 Å². The van der Waals surface area contributed by atoms with E-state index in [0.717, 1.165) is 50.6 Å². The Hall–Kier alpha value is -5.22. The Labute approximate surface area is 240 Å². The molecule has 2 aliphatic rings. The lowest BCUT2D eigenvalue weighted by atomic mass is 9.84. The smallest absolute Gasteiger partial charge is 0.156 e. The summed E-state index contributed by atoms with van der Waals surface area (Å²) < 4.78 is 0. The number of amidine groups is 2. The fourth-order valence-electron chi connectivity index (χ4n) is 5.56. The summed E-state index contributed by atoms with van der Waals surface area (Å²) in [5.74, 6) is 1.43. The summed E-state index contributed by atoms with van der Waals surface area (Å²) in [7, 11) is 0. The standard InChI is InChI=1S/C37H28N4/c1-37(31-23-12-5-13-24-31)34(28-19-10-4-11-20-28)40-36(41-37)30-22-14-21-29(25-30)35-38-32(26-15-6-2-7-16-26)33(39-35)27-17-8-3-9-18-27/h2-25,32H,1H3. The van der Waals surface area contributed by atoms with Crippen LogP contribution in [0.4, 0.5) is 0 Å². The van der Waals surface area contributed by atoms with Crippen molar-refractivity contribution < 1.29 is 0 Å². The number of benzene rings is 5. The first-order valence-corrected chi connectivity index (χ1v) is 13.9. The first kappa shape index (κ1) is 24.8. The molecule has 196 valence electrons. The van der Waals surface area contributed by atoms with Gasteiger partial charge in [-0.25, -0.2) is 15.0 Å². The van der Waals surface area contributed by atoms with Gasteiger partial charge in [0.25, 0.3) is 0 Å². The van der Waals surface area contributed by atoms with Crippen LogP contribution in [0.2, 0.25) is 0 Å². The fourth-order valence-corrected chi connectivity index (χ4v) is 5.56. The topological polar surface area (TPSA) is 49.4 Å². The summed E-state index contributed by atoms with van der Waals surface area (Å²) in [6.45, 7) is 2.15. The first-order chi connectivity index (χ1) is 20.2. The zero-order valence-electron chi connectivity index (χ0n) is 22.7. The van der Waals surface area contributed by atoms with Crippen molar-refractivity contribution in [1.82, 2.24) is 0 Å². The SMILES string of the molecule is CC1(c2ccccc2)N=C(c2cccc(C3=NC(c4ccccc4)C(c4ccccc4)=N3)c2)N=C1c1ccccc1. The third-order valence-corrected chi connectivity index (χ3v) is 7.69. The molecular formula is C37H28N4. The molecule has 0 saturated carbocycles. The summed E-state index contributed by atoms with van der Waals surface area (Å²) >= 11 is 0. The predicted octanol–water partition coefficient (Wildman–Crippen LogP) is 7.84. The normalized spacial score (nSPS) is 19.8. The molecule has 0 N–H and O–H groups in total. The Bertz CT molecular complexity index is 1820. The largest absolute Gasteiger partial charge is 0.251 e. The Morgan fingerprint density at radius 3 is 1.71 bits per heavy atom. The molecule has 0 radical (unpaired) electrons. The first-order valence-electron chi connectivity index (χ1n) is 13.9. The molecule has 2 heterocycles. The van der Waals surface area contributed by atoms with Crippen LogP contribution in [0.5, 0.6) is 0 Å². The average Bonchev–Trinajstić information content (AvgIpc) is 3.66. The summed E-state index contributed by atoms with van der Waals surface area (Å²) in [6.07, 6.45) is 0. The molecule has 4 heteroatoms. The van der Waals surface area contributed by atoms with Gasteiger partial charge in [-0.15, -0.1) is 0 Å². The molecule has 0 bridgehead atoms. The fraction of sp³-hybridized carbons (Fsp3) is 0.0811. The van der Waals surface area contributed by atoms with Gasteiger partial charge >= 0.3 is 0 Å². The molecule has 2 atom stereocenters. The van der Waals surface area contributed by atoms with Gasteiger partial charge < -0.3 is 0 Å². The molecule has 41 heavy (non-hydrogen) atoms. The Kier molecular flexibility index (Phi) is 6.29. The second kappa shape index (κ2) is 10.4. The van der Waals surface area contributed by atoms with Gasteiger partial charge in [-0.2, -0.15) is 0 Å². The molecule has 5 aromatic rings. The van der Waals surface area contributed by atoms with E-state index in [2.05, 4.69) is 97.9 Å². The maximum absolute atomic E-state index is 5.25. The van der Waals surface area contributed by atoms with Crippen molar-refractivity contribution >= 4 is 23.1 Å². The number of aliphatic imine (C=N–C) groups is 4. The van der Waals surface area contributed by atoms with Crippen molar-refractivity contribution in [2.75, 3.05) is 0 Å². The van der Waals surface area contributed by atoms with Crippen LogP contribution in [0, 0.1) is 0 Å². The van der Waals surface area contributed by atoms with Gasteiger partial charge in [0, 0.05) is 11.1 Å². The summed E-state index contributed by atoms with van der Waals surface area (Å²) in [5, 5.41) is 0. The number of nitrogens with zero attached hydrogens (tertiary/aromatic N) is 4. The van der Waals surface area contributed by atoms with Crippen molar-refractivity contribution in [2.45, 2.75) is 18.5 Å². The minimum atomic E-state index is -0.601. The van der Waals surface area contributed by atoms with Crippen LogP contribution in [0.25, 0.3) is 0 Å². The average molecular weight is 529 g/mol. The predicted molar refractivity (Wildman–Crippen MR) is 168 cm³/mol. The molecule has 0 spiro atoms. The molecule has 0 saturated heterocycles. The van der Waals surface area contributed by atoms with Gasteiger partial charge in [0.1, 0.15) is 11.6 Å². The lowest BCUT2D eigenvalue weighted by Gasteiger charge is -2.24. The monoisotopic (exact) mass is 528 g/mol. The van der Waals surface area contributed by atoms with E-state index in [-0.39, 0.29) is 6.04 Å². The van der Waals surface area contributed by atoms with Crippen molar-refractivity contribution in [2.24, 2.45) is 20.0 Å². The van der Waals surface area contributed by atoms with Gasteiger partial charge in [-0.05, 0) is 35.2 Å². The molecular weight excluding hydrogens is 500 g/mol. The van der Waals surface area contributed by atoms with E-state index >= 15 is 0 Å². The summed E-state index contributed by atoms with van der Waals surface area (Å²) in [4.78, 5) is 20.6. The molecule has 5 aromatic carbocycles. The van der Waals surface area contributed by atoms with Crippen LogP contribution in [0.3, 0.4) is 0 Å². The molecule has 7 rings (SSSR count). The molecule has 4 nitrogen and oxygen atoms in total. The zero-order valence-corrected chi connectivity index (χ0v) is 22.7. The number of hydrogen-bond donors (Lipinski definition) is 0. The van der Waals surface area contributed by atoms with Gasteiger partial charge in [0.05, 0.1) is 11.4 Å². The minimum absolute atomic E-state index is 0.162. The number of hydrogen-bond acceptors (Lipinski definition) is 4. The highest BCUT2D eigenvalue weighted by molar-refractivity contribution is 6.22. The Morgan fingerprint density at radius 1 is 0.512 bits per heavy atom. The van der Waals surface area contributed by atoms with Gasteiger partial charge in [-0.3, -0.25) is 4.99 Å². The van der Waals surface area contributed by atoms with E-state index in [0.29, 0.717) is 5.84 Å². The van der Waals surface area contributed by atoms with E-state index in [1.54, 1.807) is 0 Å². The van der Waals surface area contributed by atoms with Crippen molar-refractivity contribution in [3.63, 3.8) is 0 Å². The quantitative estimate of drug-likeness (QED) is 0.216. The van der Waals surface area contributed by atoms with Crippen LogP contribution < -0.4 is 0 Å². The maximum atomic E-state index is 5.25. The molecule has 0 aliphatic carbocycles. The molecule has 2 unspecified atom stereocenters. The highest BCUT2D eigenvalue weighted by atomic mass is 15.1. The van der Waals surface area contributed by atoms with E-state index < -0.39 is 5.54 Å². The minimum Gasteiger partial charge on any atom is -0.251 e. The molecule has 2 aliphatic heterocycles. The van der Waals surface area contributed by atoms with E-state index in [1.165, 1.54) is 0 Å². The van der Waals surface area contributed by atoms with Crippen molar-refractivity contribution in [3.05, 3.63) is 179 Å². The second-order valence-corrected chi connectivity index (χ2v) is 10.4. The van der Waals surface area contributed by atoms with Crippen molar-refractivity contribution in [1.29, 1.82) is 0 Å². The highest BCUT2D eigenvalue weighted by Gasteiger charge is 2.38. The Morgan fingerprint density at radius 2 is 1.05 bits per heavy atom. The van der Waals surface area contributed by atoms with Gasteiger partial charge in [0.15, 0.2) is 11.7 Å². The highest BCUT2D eigenvalue weighted by Crippen LogP contribution is 2.36. The number of rotatable bonds is 6. The summed E-state index contributed by atoms with van der Waals surface area (Å²) in [5.41, 5.74) is 7.56. The second-order valence-electron chi connectivity index (χ2n) is 10.4. The van der Waals surface area contributed by atoms with Crippen LogP contribution in [0.15, 0.2) is 166 Å². The maximum Gasteiger partial charge on any atom is 0.156 e. The van der Waals surface area contributed by atoms with Gasteiger partial charge in [0.2, 0.25) is 0 Å². The van der Waals surface area contributed by atoms with Crippen LogP contribution in [-0.2, 0) is 5.54 Å². The van der Waals surface area contributed by atoms with E-state index in [1.807, 2.05) is 54.6 Å². The Balaban J connectivity index is 1.31. The zero-order chi connectivity index (χ0) is 27.6. The molecule has 0 amide bonds.